The third kappa shape index (κ3) is 2.58. The van der Waals surface area contributed by atoms with Crippen molar-refractivity contribution in [3.63, 3.8) is 0 Å². The summed E-state index contributed by atoms with van der Waals surface area (Å²) in [5.41, 5.74) is 1.18. The minimum Gasteiger partial charge on any atom is -0.465 e. The molecule has 4 nitrogen and oxygen atoms in total. The molecule has 1 aromatic carbocycles. The van der Waals surface area contributed by atoms with Crippen molar-refractivity contribution in [2.75, 3.05) is 19.0 Å². The first-order valence-electron chi connectivity index (χ1n) is 4.14. The normalized spacial score (nSPS) is 9.21. The van der Waals surface area contributed by atoms with Gasteiger partial charge in [0, 0.05) is 5.69 Å². The summed E-state index contributed by atoms with van der Waals surface area (Å²) in [6.07, 6.45) is 0.755. The molecule has 0 amide bonds. The lowest BCUT2D eigenvalue weighted by Crippen LogP contribution is -2.05. The number of carbonyl (C=O) groups is 2. The van der Waals surface area contributed by atoms with Crippen molar-refractivity contribution in [2.45, 2.75) is 0 Å². The fourth-order valence-electron chi connectivity index (χ4n) is 1.03. The molecule has 4 heteroatoms. The van der Waals surface area contributed by atoms with Crippen LogP contribution < -0.4 is 5.32 Å². The molecule has 74 valence electrons. The van der Waals surface area contributed by atoms with E-state index in [9.17, 15) is 9.59 Å². The maximum atomic E-state index is 11.1. The Morgan fingerprint density at radius 2 is 2.36 bits per heavy atom. The van der Waals surface area contributed by atoms with Crippen LogP contribution in [0.3, 0.4) is 0 Å². The standard InChI is InChI=1S/C10H11NO3/c1-14-10(13)8-3-2-4-9(7-8)11-5-6-12/h2-4,6-7,11H,5H2,1H3. The number of hydrogen-bond donors (Lipinski definition) is 1. The highest BCUT2D eigenvalue weighted by Crippen LogP contribution is 2.10. The summed E-state index contributed by atoms with van der Waals surface area (Å²) >= 11 is 0. The van der Waals surface area contributed by atoms with Crippen LogP contribution in [0.15, 0.2) is 24.3 Å². The Bertz CT molecular complexity index is 336. The minimum atomic E-state index is -0.389. The average molecular weight is 193 g/mol. The first kappa shape index (κ1) is 10.2. The van der Waals surface area contributed by atoms with Crippen LogP contribution in [0.1, 0.15) is 10.4 Å². The zero-order chi connectivity index (χ0) is 10.4. The van der Waals surface area contributed by atoms with Crippen LogP contribution >= 0.6 is 0 Å². The van der Waals surface area contributed by atoms with Gasteiger partial charge in [-0.2, -0.15) is 0 Å². The number of rotatable bonds is 4. The van der Waals surface area contributed by atoms with Crippen LogP contribution in [-0.4, -0.2) is 25.9 Å². The van der Waals surface area contributed by atoms with Gasteiger partial charge in [-0.3, -0.25) is 0 Å². The molecule has 0 aromatic heterocycles. The number of benzene rings is 1. The first-order chi connectivity index (χ1) is 6.77. The molecule has 0 aliphatic carbocycles. The molecule has 0 unspecified atom stereocenters. The summed E-state index contributed by atoms with van der Waals surface area (Å²) < 4.78 is 4.56. The van der Waals surface area contributed by atoms with Crippen molar-refractivity contribution in [1.82, 2.24) is 0 Å². The van der Waals surface area contributed by atoms with E-state index in [1.165, 1.54) is 7.11 Å². The largest absolute Gasteiger partial charge is 0.465 e. The van der Waals surface area contributed by atoms with E-state index in [2.05, 4.69) is 10.1 Å². The molecule has 0 spiro atoms. The van der Waals surface area contributed by atoms with Crippen LogP contribution in [0.25, 0.3) is 0 Å². The molecule has 0 heterocycles. The second-order valence-electron chi connectivity index (χ2n) is 2.62. The molecule has 0 aliphatic heterocycles. The Labute approximate surface area is 81.9 Å². The van der Waals surface area contributed by atoms with Gasteiger partial charge in [-0.15, -0.1) is 0 Å². The SMILES string of the molecule is COC(=O)c1cccc(NCC=O)c1. The second-order valence-corrected chi connectivity index (χ2v) is 2.62. The molecular weight excluding hydrogens is 182 g/mol. The number of aldehydes is 1. The van der Waals surface area contributed by atoms with Gasteiger partial charge in [0.15, 0.2) is 0 Å². The topological polar surface area (TPSA) is 55.4 Å². The number of ether oxygens (including phenoxy) is 1. The van der Waals surface area contributed by atoms with Crippen LogP contribution in [0.5, 0.6) is 0 Å². The quantitative estimate of drug-likeness (QED) is 0.574. The van der Waals surface area contributed by atoms with Gasteiger partial charge in [0.1, 0.15) is 6.29 Å². The Balaban J connectivity index is 2.78. The monoisotopic (exact) mass is 193 g/mol. The van der Waals surface area contributed by atoms with Gasteiger partial charge in [0.05, 0.1) is 19.2 Å². The summed E-state index contributed by atoms with van der Waals surface area (Å²) in [5.74, 6) is -0.389. The number of methoxy groups -OCH3 is 1. The smallest absolute Gasteiger partial charge is 0.337 e. The van der Waals surface area contributed by atoms with Gasteiger partial charge < -0.3 is 14.8 Å². The van der Waals surface area contributed by atoms with Crippen molar-refractivity contribution in [1.29, 1.82) is 0 Å². The molecule has 0 radical (unpaired) electrons. The number of hydrogen-bond acceptors (Lipinski definition) is 4. The number of anilines is 1. The zero-order valence-corrected chi connectivity index (χ0v) is 7.82. The fraction of sp³-hybridized carbons (Fsp3) is 0.200. The van der Waals surface area contributed by atoms with Crippen molar-refractivity contribution >= 4 is 17.9 Å². The zero-order valence-electron chi connectivity index (χ0n) is 7.82. The molecule has 0 fully saturated rings. The predicted octanol–water partition coefficient (Wildman–Crippen LogP) is 1.08. The second kappa shape index (κ2) is 5.01. The van der Waals surface area contributed by atoms with E-state index in [0.29, 0.717) is 5.56 Å². The summed E-state index contributed by atoms with van der Waals surface area (Å²) in [4.78, 5) is 21.2. The molecular formula is C10H11NO3. The molecule has 1 N–H and O–H groups in total. The Kier molecular flexibility index (Phi) is 3.67. The van der Waals surface area contributed by atoms with Crippen molar-refractivity contribution < 1.29 is 14.3 Å². The van der Waals surface area contributed by atoms with E-state index in [1.807, 2.05) is 0 Å². The Morgan fingerprint density at radius 1 is 1.57 bits per heavy atom. The van der Waals surface area contributed by atoms with Crippen LogP contribution in [0, 0.1) is 0 Å². The lowest BCUT2D eigenvalue weighted by atomic mass is 10.2. The summed E-state index contributed by atoms with van der Waals surface area (Å²) in [5, 5.41) is 2.84. The highest BCUT2D eigenvalue weighted by Gasteiger charge is 2.04. The summed E-state index contributed by atoms with van der Waals surface area (Å²) in [6, 6.07) is 6.78. The fourth-order valence-corrected chi connectivity index (χ4v) is 1.03. The van der Waals surface area contributed by atoms with E-state index >= 15 is 0 Å². The van der Waals surface area contributed by atoms with Crippen LogP contribution in [0.2, 0.25) is 0 Å². The molecule has 1 rings (SSSR count). The van der Waals surface area contributed by atoms with E-state index < -0.39 is 0 Å². The third-order valence-corrected chi connectivity index (χ3v) is 1.67. The molecule has 14 heavy (non-hydrogen) atoms. The lowest BCUT2D eigenvalue weighted by molar-refractivity contribution is -0.106. The van der Waals surface area contributed by atoms with Gasteiger partial charge in [-0.05, 0) is 18.2 Å². The van der Waals surface area contributed by atoms with E-state index in [-0.39, 0.29) is 12.5 Å². The molecule has 0 atom stereocenters. The Morgan fingerprint density at radius 3 is 3.00 bits per heavy atom. The maximum absolute atomic E-state index is 11.1. The van der Waals surface area contributed by atoms with Gasteiger partial charge >= 0.3 is 5.97 Å². The van der Waals surface area contributed by atoms with Crippen LogP contribution in [0.4, 0.5) is 5.69 Å². The predicted molar refractivity (Wildman–Crippen MR) is 52.3 cm³/mol. The highest BCUT2D eigenvalue weighted by atomic mass is 16.5. The first-order valence-corrected chi connectivity index (χ1v) is 4.14. The van der Waals surface area contributed by atoms with Crippen molar-refractivity contribution in [2.24, 2.45) is 0 Å². The van der Waals surface area contributed by atoms with E-state index in [4.69, 9.17) is 0 Å². The summed E-state index contributed by atoms with van der Waals surface area (Å²) in [6.45, 7) is 0.227. The van der Waals surface area contributed by atoms with Gasteiger partial charge in [-0.25, -0.2) is 4.79 Å². The Hall–Kier alpha value is -1.84. The highest BCUT2D eigenvalue weighted by molar-refractivity contribution is 5.90. The molecule has 0 saturated carbocycles. The maximum Gasteiger partial charge on any atom is 0.337 e. The van der Waals surface area contributed by atoms with E-state index in [1.54, 1.807) is 24.3 Å². The average Bonchev–Trinajstić information content (AvgIpc) is 2.25. The summed E-state index contributed by atoms with van der Waals surface area (Å²) in [7, 11) is 1.33. The van der Waals surface area contributed by atoms with E-state index in [0.717, 1.165) is 12.0 Å². The van der Waals surface area contributed by atoms with Crippen LogP contribution in [-0.2, 0) is 9.53 Å². The third-order valence-electron chi connectivity index (χ3n) is 1.67. The lowest BCUT2D eigenvalue weighted by Gasteiger charge is -2.04. The number of esters is 1. The molecule has 0 saturated heterocycles. The van der Waals surface area contributed by atoms with Gasteiger partial charge in [0.2, 0.25) is 0 Å². The molecule has 1 aromatic rings. The number of nitrogens with one attached hydrogen (secondary N) is 1. The van der Waals surface area contributed by atoms with Crippen molar-refractivity contribution in [3.8, 4) is 0 Å². The van der Waals surface area contributed by atoms with Gasteiger partial charge in [0.25, 0.3) is 0 Å². The van der Waals surface area contributed by atoms with Crippen molar-refractivity contribution in [3.05, 3.63) is 29.8 Å². The minimum absolute atomic E-state index is 0.227. The van der Waals surface area contributed by atoms with Gasteiger partial charge in [-0.1, -0.05) is 6.07 Å². The molecule has 0 bridgehead atoms. The number of carbonyl (C=O) groups excluding carboxylic acids is 2. The molecule has 0 aliphatic rings.